The van der Waals surface area contributed by atoms with Crippen LogP contribution in [0.5, 0.6) is 0 Å². The fourth-order valence-corrected chi connectivity index (χ4v) is 4.67. The van der Waals surface area contributed by atoms with Crippen molar-refractivity contribution in [2.45, 2.75) is 46.1 Å². The zero-order valence-corrected chi connectivity index (χ0v) is 17.9. The summed E-state index contributed by atoms with van der Waals surface area (Å²) in [6, 6.07) is 10.5. The van der Waals surface area contributed by atoms with Gasteiger partial charge in [-0.15, -0.1) is 0 Å². The van der Waals surface area contributed by atoms with Crippen molar-refractivity contribution in [3.8, 4) is 0 Å². The maximum atomic E-state index is 11.2. The number of piperidine rings is 1. The fraction of sp³-hybridized carbons (Fsp3) is 0.522. The van der Waals surface area contributed by atoms with Crippen LogP contribution in [0.15, 0.2) is 41.1 Å². The number of hydrogen-bond acceptors (Lipinski definition) is 4. The van der Waals surface area contributed by atoms with Gasteiger partial charge in [-0.05, 0) is 91.2 Å². The van der Waals surface area contributed by atoms with Crippen LogP contribution in [0.4, 0.5) is 5.69 Å². The van der Waals surface area contributed by atoms with E-state index >= 15 is 0 Å². The van der Waals surface area contributed by atoms with Crippen molar-refractivity contribution in [1.29, 1.82) is 0 Å². The Labute approximate surface area is 172 Å². The van der Waals surface area contributed by atoms with Crippen molar-refractivity contribution in [3.05, 3.63) is 52.2 Å². The number of hydrogen-bond donors (Lipinski definition) is 1. The largest absolute Gasteiger partial charge is 0.381 e. The van der Waals surface area contributed by atoms with Crippen molar-refractivity contribution in [2.75, 3.05) is 31.6 Å². The van der Waals surface area contributed by atoms with Gasteiger partial charge in [0.05, 0.1) is 6.61 Å². The number of thiophene rings is 1. The molecule has 0 radical (unpaired) electrons. The first-order chi connectivity index (χ1) is 13.6. The molecule has 152 valence electrons. The van der Waals surface area contributed by atoms with Crippen LogP contribution in [-0.4, -0.2) is 37.1 Å². The molecule has 0 spiro atoms. The normalized spacial score (nSPS) is 16.8. The summed E-state index contributed by atoms with van der Waals surface area (Å²) in [5.41, 5.74) is 3.93. The number of nitrogens with zero attached hydrogens (tertiary/aromatic N) is 1. The lowest BCUT2D eigenvalue weighted by Crippen LogP contribution is -2.42. The van der Waals surface area contributed by atoms with E-state index in [-0.39, 0.29) is 5.91 Å². The zero-order chi connectivity index (χ0) is 19.8. The summed E-state index contributed by atoms with van der Waals surface area (Å²) in [6.07, 6.45) is 4.76. The van der Waals surface area contributed by atoms with Gasteiger partial charge in [-0.3, -0.25) is 9.69 Å². The monoisotopic (exact) mass is 400 g/mol. The molecular weight excluding hydrogens is 368 g/mol. The van der Waals surface area contributed by atoms with Gasteiger partial charge in [-0.25, -0.2) is 0 Å². The highest BCUT2D eigenvalue weighted by Gasteiger charge is 2.34. The average Bonchev–Trinajstić information content (AvgIpc) is 3.21. The predicted octanol–water partition coefficient (Wildman–Crippen LogP) is 4.96. The molecule has 1 fully saturated rings. The van der Waals surface area contributed by atoms with Crippen LogP contribution in [-0.2, 0) is 22.5 Å². The maximum Gasteiger partial charge on any atom is 0.221 e. The second-order valence-electron chi connectivity index (χ2n) is 7.92. The molecule has 1 aromatic heterocycles. The van der Waals surface area contributed by atoms with Gasteiger partial charge in [0.1, 0.15) is 0 Å². The minimum atomic E-state index is -0.0307. The summed E-state index contributed by atoms with van der Waals surface area (Å²) in [5, 5.41) is 7.27. The first-order valence-electron chi connectivity index (χ1n) is 10.3. The highest BCUT2D eigenvalue weighted by atomic mass is 32.1. The first kappa shape index (κ1) is 21.0. The number of anilines is 1. The molecule has 28 heavy (non-hydrogen) atoms. The first-order valence-corrected chi connectivity index (χ1v) is 11.2. The molecule has 2 aromatic rings. The van der Waals surface area contributed by atoms with Gasteiger partial charge < -0.3 is 10.1 Å². The van der Waals surface area contributed by atoms with E-state index in [9.17, 15) is 4.79 Å². The van der Waals surface area contributed by atoms with E-state index in [0.29, 0.717) is 5.41 Å². The Hall–Kier alpha value is -1.69. The third-order valence-corrected chi connectivity index (χ3v) is 6.47. The Morgan fingerprint density at radius 2 is 1.93 bits per heavy atom. The molecule has 1 saturated heterocycles. The maximum absolute atomic E-state index is 11.2. The number of aryl methyl sites for hydroxylation is 1. The van der Waals surface area contributed by atoms with Gasteiger partial charge in [0.25, 0.3) is 0 Å². The molecule has 1 N–H and O–H groups in total. The number of ether oxygens (including phenoxy) is 1. The molecule has 1 aliphatic rings. The number of carbonyl (C=O) groups is 1. The van der Waals surface area contributed by atoms with Crippen LogP contribution < -0.4 is 5.32 Å². The number of rotatable bonds is 9. The quantitative estimate of drug-likeness (QED) is 0.647. The Kier molecular flexibility index (Phi) is 7.65. The molecule has 4 nitrogen and oxygen atoms in total. The number of nitrogens with one attached hydrogen (secondary N) is 1. The molecule has 3 rings (SSSR count). The highest BCUT2D eigenvalue weighted by molar-refractivity contribution is 7.07. The Balaban J connectivity index is 1.53. The fourth-order valence-electron chi connectivity index (χ4n) is 3.97. The number of carbonyl (C=O) groups excluding carboxylic acids is 1. The summed E-state index contributed by atoms with van der Waals surface area (Å²) in [5.74, 6) is -0.0307. The van der Waals surface area contributed by atoms with E-state index < -0.39 is 0 Å². The van der Waals surface area contributed by atoms with Crippen molar-refractivity contribution in [2.24, 2.45) is 5.41 Å². The Bertz CT molecular complexity index is 720. The van der Waals surface area contributed by atoms with Gasteiger partial charge in [0.15, 0.2) is 0 Å². The van der Waals surface area contributed by atoms with Crippen LogP contribution in [0, 0.1) is 5.41 Å². The second-order valence-corrected chi connectivity index (χ2v) is 8.70. The van der Waals surface area contributed by atoms with E-state index in [4.69, 9.17) is 4.74 Å². The van der Waals surface area contributed by atoms with Crippen LogP contribution >= 0.6 is 11.3 Å². The molecule has 0 atom stereocenters. The molecule has 0 unspecified atom stereocenters. The van der Waals surface area contributed by atoms with Crippen LogP contribution in [0.25, 0.3) is 0 Å². The zero-order valence-electron chi connectivity index (χ0n) is 17.1. The van der Waals surface area contributed by atoms with Gasteiger partial charge in [0, 0.05) is 25.8 Å². The highest BCUT2D eigenvalue weighted by Crippen LogP contribution is 2.37. The smallest absolute Gasteiger partial charge is 0.221 e. The van der Waals surface area contributed by atoms with E-state index in [1.54, 1.807) is 11.3 Å². The number of amides is 1. The standard InChI is InChI=1S/C23H32N2O2S/c1-3-27-18-23(10-8-21-9-15-28-17-21)11-13-25(14-12-23)16-20-4-6-22(7-5-20)24-19(2)26/h4-7,9,15,17H,3,8,10-14,16,18H2,1-2H3,(H,24,26). The lowest BCUT2D eigenvalue weighted by molar-refractivity contribution is -0.114. The van der Waals surface area contributed by atoms with Gasteiger partial charge in [-0.1, -0.05) is 12.1 Å². The van der Waals surface area contributed by atoms with E-state index in [2.05, 4.69) is 46.1 Å². The van der Waals surface area contributed by atoms with Crippen LogP contribution in [0.1, 0.15) is 44.2 Å². The average molecular weight is 401 g/mol. The third-order valence-electron chi connectivity index (χ3n) is 5.73. The summed E-state index contributed by atoms with van der Waals surface area (Å²) in [4.78, 5) is 13.7. The number of benzene rings is 1. The van der Waals surface area contributed by atoms with E-state index in [1.807, 2.05) is 12.1 Å². The van der Waals surface area contributed by atoms with Gasteiger partial charge in [-0.2, -0.15) is 11.3 Å². The van der Waals surface area contributed by atoms with Crippen molar-refractivity contribution in [3.63, 3.8) is 0 Å². The molecule has 1 aliphatic heterocycles. The van der Waals surface area contributed by atoms with Crippen LogP contribution in [0.3, 0.4) is 0 Å². The second kappa shape index (κ2) is 10.2. The topological polar surface area (TPSA) is 41.6 Å². The predicted molar refractivity (Wildman–Crippen MR) is 117 cm³/mol. The molecule has 5 heteroatoms. The van der Waals surface area contributed by atoms with Gasteiger partial charge in [0.2, 0.25) is 5.91 Å². The third kappa shape index (κ3) is 6.16. The molecule has 0 bridgehead atoms. The molecule has 0 saturated carbocycles. The number of likely N-dealkylation sites (tertiary alicyclic amines) is 1. The van der Waals surface area contributed by atoms with E-state index in [0.717, 1.165) is 45.0 Å². The SMILES string of the molecule is CCOCC1(CCc2ccsc2)CCN(Cc2ccc(NC(C)=O)cc2)CC1. The van der Waals surface area contributed by atoms with Gasteiger partial charge >= 0.3 is 0 Å². The molecule has 2 heterocycles. The summed E-state index contributed by atoms with van der Waals surface area (Å²) in [7, 11) is 0. The van der Waals surface area contributed by atoms with E-state index in [1.165, 1.54) is 37.3 Å². The van der Waals surface area contributed by atoms with Crippen molar-refractivity contribution >= 4 is 22.9 Å². The summed E-state index contributed by atoms with van der Waals surface area (Å²) < 4.78 is 5.89. The Morgan fingerprint density at radius 3 is 2.54 bits per heavy atom. The molecular formula is C23H32N2O2S. The lowest BCUT2D eigenvalue weighted by Gasteiger charge is -2.42. The molecule has 0 aliphatic carbocycles. The Morgan fingerprint density at radius 1 is 1.18 bits per heavy atom. The van der Waals surface area contributed by atoms with Crippen molar-refractivity contribution in [1.82, 2.24) is 4.90 Å². The molecule has 1 amide bonds. The minimum Gasteiger partial charge on any atom is -0.381 e. The summed E-state index contributed by atoms with van der Waals surface area (Å²) >= 11 is 1.79. The van der Waals surface area contributed by atoms with Crippen molar-refractivity contribution < 1.29 is 9.53 Å². The minimum absolute atomic E-state index is 0.0307. The lowest BCUT2D eigenvalue weighted by atomic mass is 9.75. The van der Waals surface area contributed by atoms with Crippen LogP contribution in [0.2, 0.25) is 0 Å². The summed E-state index contributed by atoms with van der Waals surface area (Å²) in [6.45, 7) is 8.50. The molecule has 1 aromatic carbocycles.